The Hall–Kier alpha value is -2.02. The average Bonchev–Trinajstić information content (AvgIpc) is 3.19. The first-order chi connectivity index (χ1) is 12.0. The quantitative estimate of drug-likeness (QED) is 0.622. The van der Waals surface area contributed by atoms with E-state index in [0.29, 0.717) is 11.6 Å². The minimum Gasteiger partial charge on any atom is -0.293 e. The van der Waals surface area contributed by atoms with Gasteiger partial charge in [0.2, 0.25) is 5.91 Å². The highest BCUT2D eigenvalue weighted by Gasteiger charge is 2.42. The zero-order valence-corrected chi connectivity index (χ0v) is 15.1. The predicted molar refractivity (Wildman–Crippen MR) is 96.4 cm³/mol. The minimum absolute atomic E-state index is 0.207. The summed E-state index contributed by atoms with van der Waals surface area (Å²) < 4.78 is 0.839. The van der Waals surface area contributed by atoms with E-state index in [1.54, 1.807) is 24.3 Å². The summed E-state index contributed by atoms with van der Waals surface area (Å²) in [6.07, 6.45) is 6.14. The van der Waals surface area contributed by atoms with Crippen LogP contribution in [0.5, 0.6) is 0 Å². The molecule has 4 atom stereocenters. The van der Waals surface area contributed by atoms with Crippen LogP contribution >= 0.6 is 15.9 Å². The van der Waals surface area contributed by atoms with E-state index in [2.05, 4.69) is 26.2 Å². The first kappa shape index (κ1) is 16.4. The molecule has 6 nitrogen and oxygen atoms in total. The van der Waals surface area contributed by atoms with E-state index in [1.165, 1.54) is 25.5 Å². The number of amides is 4. The average molecular weight is 404 g/mol. The second-order valence-corrected chi connectivity index (χ2v) is 7.88. The van der Waals surface area contributed by atoms with Crippen molar-refractivity contribution in [3.63, 3.8) is 0 Å². The molecule has 1 aliphatic heterocycles. The number of carbonyl (C=O) groups is 3. The molecular formula is C18H18BrN3O3. The molecule has 0 unspecified atom stereocenters. The van der Waals surface area contributed by atoms with Crippen LogP contribution in [0.15, 0.2) is 33.7 Å². The monoisotopic (exact) mass is 403 g/mol. The maximum absolute atomic E-state index is 12.7. The summed E-state index contributed by atoms with van der Waals surface area (Å²) in [5, 5.41) is 2.26. The molecule has 1 aromatic carbocycles. The van der Waals surface area contributed by atoms with Gasteiger partial charge in [0, 0.05) is 10.7 Å². The van der Waals surface area contributed by atoms with Crippen LogP contribution < -0.4 is 10.2 Å². The molecule has 0 aromatic heterocycles. The van der Waals surface area contributed by atoms with Crippen molar-refractivity contribution in [3.05, 3.63) is 28.7 Å². The number of carbonyl (C=O) groups excluding carboxylic acids is 3. The third kappa shape index (κ3) is 3.01. The van der Waals surface area contributed by atoms with Crippen molar-refractivity contribution in [2.45, 2.75) is 31.7 Å². The molecule has 2 bridgehead atoms. The van der Waals surface area contributed by atoms with Gasteiger partial charge in [-0.15, -0.1) is 0 Å². The van der Waals surface area contributed by atoms with E-state index in [-0.39, 0.29) is 6.04 Å². The zero-order valence-electron chi connectivity index (χ0n) is 13.5. The van der Waals surface area contributed by atoms with Crippen LogP contribution in [0.4, 0.5) is 10.5 Å². The summed E-state index contributed by atoms with van der Waals surface area (Å²) in [5.74, 6) is -0.894. The Morgan fingerprint density at radius 1 is 1.12 bits per heavy atom. The standard InChI is InChI=1S/C18H18BrN3O3/c19-12-3-5-13(6-4-12)22-17(24)14(16(23)21-18(22)25)9-20-15-8-10-1-2-11(15)7-10/h3-6,9-11,14-15H,1-2,7-8H2,(H,21,23,25)/t10-,11-,14+,15-/m0/s1. The highest BCUT2D eigenvalue weighted by atomic mass is 79.9. The molecule has 25 heavy (non-hydrogen) atoms. The Morgan fingerprint density at radius 2 is 1.88 bits per heavy atom. The Balaban J connectivity index is 1.55. The molecule has 3 fully saturated rings. The van der Waals surface area contributed by atoms with E-state index < -0.39 is 23.8 Å². The molecule has 4 amide bonds. The fraction of sp³-hybridized carbons (Fsp3) is 0.444. The number of anilines is 1. The van der Waals surface area contributed by atoms with E-state index in [4.69, 9.17) is 0 Å². The minimum atomic E-state index is -1.06. The molecule has 2 saturated carbocycles. The largest absolute Gasteiger partial charge is 0.335 e. The van der Waals surface area contributed by atoms with Gasteiger partial charge in [0.1, 0.15) is 0 Å². The predicted octanol–water partition coefficient (Wildman–Crippen LogP) is 2.91. The number of aliphatic imine (C=N–C) groups is 1. The smallest absolute Gasteiger partial charge is 0.293 e. The topological polar surface area (TPSA) is 78.8 Å². The fourth-order valence-corrected chi connectivity index (χ4v) is 4.41. The number of hydrogen-bond donors (Lipinski definition) is 1. The van der Waals surface area contributed by atoms with Gasteiger partial charge in [0.05, 0.1) is 11.7 Å². The van der Waals surface area contributed by atoms with E-state index in [0.717, 1.165) is 21.7 Å². The SMILES string of the molecule is O=C1NC(=O)N(c2ccc(Br)cc2)C(=O)[C@@H]1C=N[C@H]1C[C@H]2CC[C@H]1C2. The summed E-state index contributed by atoms with van der Waals surface area (Å²) in [4.78, 5) is 42.5. The molecule has 1 N–H and O–H groups in total. The lowest BCUT2D eigenvalue weighted by atomic mass is 9.95. The Morgan fingerprint density at radius 3 is 2.52 bits per heavy atom. The number of imide groups is 2. The molecule has 0 spiro atoms. The molecule has 130 valence electrons. The first-order valence-corrected chi connectivity index (χ1v) is 9.30. The van der Waals surface area contributed by atoms with E-state index in [1.807, 2.05) is 0 Å². The van der Waals surface area contributed by atoms with Crippen molar-refractivity contribution in [2.24, 2.45) is 22.7 Å². The number of barbiturate groups is 1. The number of urea groups is 1. The van der Waals surface area contributed by atoms with Gasteiger partial charge in [-0.25, -0.2) is 9.69 Å². The molecule has 1 aromatic rings. The number of rotatable bonds is 3. The maximum atomic E-state index is 12.7. The van der Waals surface area contributed by atoms with Gasteiger partial charge in [-0.3, -0.25) is 19.9 Å². The van der Waals surface area contributed by atoms with Crippen LogP contribution in [0.3, 0.4) is 0 Å². The highest BCUT2D eigenvalue weighted by Crippen LogP contribution is 2.45. The zero-order chi connectivity index (χ0) is 17.6. The van der Waals surface area contributed by atoms with Crippen LogP contribution in [0.1, 0.15) is 25.7 Å². The lowest BCUT2D eigenvalue weighted by Gasteiger charge is -2.29. The van der Waals surface area contributed by atoms with Gasteiger partial charge in [-0.1, -0.05) is 22.4 Å². The Kier molecular flexibility index (Phi) is 4.19. The maximum Gasteiger partial charge on any atom is 0.335 e. The molecule has 1 saturated heterocycles. The number of benzene rings is 1. The van der Waals surface area contributed by atoms with E-state index in [9.17, 15) is 14.4 Å². The van der Waals surface area contributed by atoms with Crippen LogP contribution in [-0.2, 0) is 9.59 Å². The highest BCUT2D eigenvalue weighted by molar-refractivity contribution is 9.10. The Labute approximate surface area is 153 Å². The third-order valence-electron chi connectivity index (χ3n) is 5.41. The summed E-state index contributed by atoms with van der Waals surface area (Å²) in [7, 11) is 0. The van der Waals surface area contributed by atoms with Gasteiger partial charge in [0.25, 0.3) is 5.91 Å². The lowest BCUT2D eigenvalue weighted by molar-refractivity contribution is -0.131. The summed E-state index contributed by atoms with van der Waals surface area (Å²) >= 11 is 3.32. The Bertz CT molecular complexity index is 761. The van der Waals surface area contributed by atoms with Crippen LogP contribution in [0, 0.1) is 17.8 Å². The van der Waals surface area contributed by atoms with Gasteiger partial charge in [-0.05, 0) is 55.4 Å². The lowest BCUT2D eigenvalue weighted by Crippen LogP contribution is -2.58. The number of hydrogen-bond acceptors (Lipinski definition) is 4. The van der Waals surface area contributed by atoms with Crippen molar-refractivity contribution < 1.29 is 14.4 Å². The second-order valence-electron chi connectivity index (χ2n) is 6.96. The second kappa shape index (κ2) is 6.37. The number of nitrogens with one attached hydrogen (secondary N) is 1. The molecule has 3 aliphatic rings. The van der Waals surface area contributed by atoms with Crippen LogP contribution in [0.25, 0.3) is 0 Å². The normalized spacial score (nSPS) is 31.9. The summed E-state index contributed by atoms with van der Waals surface area (Å²) in [6.45, 7) is 0. The molecule has 2 aliphatic carbocycles. The number of fused-ring (bicyclic) bond motifs is 2. The van der Waals surface area contributed by atoms with Crippen molar-refractivity contribution in [3.8, 4) is 0 Å². The molecule has 1 heterocycles. The van der Waals surface area contributed by atoms with Gasteiger partial charge >= 0.3 is 6.03 Å². The molecule has 7 heteroatoms. The van der Waals surface area contributed by atoms with Crippen molar-refractivity contribution in [1.29, 1.82) is 0 Å². The van der Waals surface area contributed by atoms with E-state index >= 15 is 0 Å². The number of halogens is 1. The molecular weight excluding hydrogens is 386 g/mol. The summed E-state index contributed by atoms with van der Waals surface area (Å²) in [6, 6.07) is 6.28. The molecule has 0 radical (unpaired) electrons. The van der Waals surface area contributed by atoms with Gasteiger partial charge in [-0.2, -0.15) is 0 Å². The van der Waals surface area contributed by atoms with Gasteiger partial charge in [0.15, 0.2) is 5.92 Å². The summed E-state index contributed by atoms with van der Waals surface area (Å²) in [5.41, 5.74) is 0.427. The van der Waals surface area contributed by atoms with Crippen molar-refractivity contribution in [2.75, 3.05) is 4.90 Å². The van der Waals surface area contributed by atoms with Crippen LogP contribution in [-0.4, -0.2) is 30.1 Å². The first-order valence-electron chi connectivity index (χ1n) is 8.50. The molecule has 4 rings (SSSR count). The fourth-order valence-electron chi connectivity index (χ4n) is 4.15. The van der Waals surface area contributed by atoms with Crippen molar-refractivity contribution in [1.82, 2.24) is 5.32 Å². The third-order valence-corrected chi connectivity index (χ3v) is 5.94. The van der Waals surface area contributed by atoms with Crippen molar-refractivity contribution >= 4 is 45.7 Å². The number of nitrogens with zero attached hydrogens (tertiary/aromatic N) is 2. The van der Waals surface area contributed by atoms with Crippen LogP contribution in [0.2, 0.25) is 0 Å². The van der Waals surface area contributed by atoms with Gasteiger partial charge < -0.3 is 0 Å².